The van der Waals surface area contributed by atoms with Gasteiger partial charge in [-0.1, -0.05) is 25.1 Å². The van der Waals surface area contributed by atoms with Gasteiger partial charge in [0, 0.05) is 18.4 Å². The topological polar surface area (TPSA) is 25.4 Å². The van der Waals surface area contributed by atoms with Gasteiger partial charge in [-0.25, -0.2) is 0 Å². The van der Waals surface area contributed by atoms with Crippen molar-refractivity contribution < 1.29 is 4.74 Å². The first-order valence-corrected chi connectivity index (χ1v) is 12.6. The van der Waals surface area contributed by atoms with Crippen molar-refractivity contribution in [2.75, 3.05) is 14.1 Å². The molecule has 3 nitrogen and oxygen atoms in total. The summed E-state index contributed by atoms with van der Waals surface area (Å²) in [6.45, 7) is 2.59. The molecule has 0 unspecified atom stereocenters. The van der Waals surface area contributed by atoms with E-state index in [1.165, 1.54) is 63.4 Å². The molecule has 3 heteroatoms. The highest BCUT2D eigenvalue weighted by Gasteiger charge is 2.66. The zero-order chi connectivity index (χ0) is 21.3. The Bertz CT molecular complexity index is 920. The van der Waals surface area contributed by atoms with E-state index < -0.39 is 0 Å². The molecule has 6 atom stereocenters. The Kier molecular flexibility index (Phi) is 4.57. The fourth-order valence-corrected chi connectivity index (χ4v) is 8.29. The average molecular weight is 419 g/mol. The summed E-state index contributed by atoms with van der Waals surface area (Å²) in [6, 6.07) is 4.97. The maximum atomic E-state index is 7.38. The van der Waals surface area contributed by atoms with Crippen molar-refractivity contribution in [3.05, 3.63) is 53.4 Å². The number of nitrogens with zero attached hydrogens (tertiary/aromatic N) is 2. The molecule has 166 valence electrons. The summed E-state index contributed by atoms with van der Waals surface area (Å²) in [5, 5.41) is 0. The Morgan fingerprint density at radius 1 is 1.19 bits per heavy atom. The van der Waals surface area contributed by atoms with Gasteiger partial charge in [0.2, 0.25) is 0 Å². The first-order valence-electron chi connectivity index (χ1n) is 12.6. The second-order valence-electron chi connectivity index (χ2n) is 11.6. The largest absolute Gasteiger partial charge is 0.359 e. The lowest BCUT2D eigenvalue weighted by Crippen LogP contribution is -2.55. The van der Waals surface area contributed by atoms with Gasteiger partial charge < -0.3 is 9.64 Å². The van der Waals surface area contributed by atoms with Crippen molar-refractivity contribution in [3.8, 4) is 0 Å². The Balaban J connectivity index is 1.29. The minimum absolute atomic E-state index is 0.00620. The molecule has 6 rings (SSSR count). The molecule has 0 amide bonds. The van der Waals surface area contributed by atoms with Crippen LogP contribution in [-0.4, -0.2) is 41.2 Å². The number of rotatable bonds is 4. The zero-order valence-corrected chi connectivity index (χ0v) is 19.6. The fraction of sp³-hybridized carbons (Fsp3) is 0.679. The Morgan fingerprint density at radius 2 is 2.10 bits per heavy atom. The number of aromatic nitrogens is 1. The molecule has 3 aliphatic carbocycles. The van der Waals surface area contributed by atoms with E-state index in [2.05, 4.69) is 55.2 Å². The molecule has 31 heavy (non-hydrogen) atoms. The lowest BCUT2D eigenvalue weighted by atomic mass is 9.58. The Labute approximate surface area is 188 Å². The predicted octanol–water partition coefficient (Wildman–Crippen LogP) is 5.72. The van der Waals surface area contributed by atoms with E-state index in [-0.39, 0.29) is 11.2 Å². The molecule has 2 aliphatic heterocycles. The number of hydrogen-bond donors (Lipinski definition) is 0. The molecule has 2 spiro atoms. The Morgan fingerprint density at radius 3 is 2.90 bits per heavy atom. The molecule has 3 heterocycles. The van der Waals surface area contributed by atoms with Gasteiger partial charge in [0.25, 0.3) is 0 Å². The highest BCUT2D eigenvalue weighted by molar-refractivity contribution is 5.47. The number of hydrogen-bond acceptors (Lipinski definition) is 3. The van der Waals surface area contributed by atoms with Crippen molar-refractivity contribution in [1.29, 1.82) is 0 Å². The number of aryl methyl sites for hydroxylation is 1. The van der Waals surface area contributed by atoms with Gasteiger partial charge >= 0.3 is 0 Å². The van der Waals surface area contributed by atoms with Gasteiger partial charge in [0.05, 0.1) is 11.2 Å². The molecule has 0 aromatic carbocycles. The van der Waals surface area contributed by atoms with Crippen LogP contribution in [0.4, 0.5) is 0 Å². The van der Waals surface area contributed by atoms with Gasteiger partial charge in [0.15, 0.2) is 0 Å². The van der Waals surface area contributed by atoms with Gasteiger partial charge in [-0.2, -0.15) is 0 Å². The molecule has 1 aromatic rings. The maximum Gasteiger partial charge on any atom is 0.0974 e. The zero-order valence-electron chi connectivity index (χ0n) is 19.6. The summed E-state index contributed by atoms with van der Waals surface area (Å²) in [5.41, 5.74) is 4.94. The number of fused-ring (bicyclic) bond motifs is 1. The molecule has 1 aromatic heterocycles. The first-order chi connectivity index (χ1) is 15.0. The van der Waals surface area contributed by atoms with Gasteiger partial charge in [0.1, 0.15) is 0 Å². The second-order valence-corrected chi connectivity index (χ2v) is 11.6. The summed E-state index contributed by atoms with van der Waals surface area (Å²) in [7, 11) is 4.49. The minimum Gasteiger partial charge on any atom is -0.359 e. The van der Waals surface area contributed by atoms with Crippen molar-refractivity contribution in [3.63, 3.8) is 0 Å². The predicted molar refractivity (Wildman–Crippen MR) is 125 cm³/mol. The monoisotopic (exact) mass is 418 g/mol. The van der Waals surface area contributed by atoms with Crippen LogP contribution in [0, 0.1) is 17.3 Å². The lowest BCUT2D eigenvalue weighted by Gasteiger charge is -2.54. The van der Waals surface area contributed by atoms with Crippen molar-refractivity contribution in [2.45, 2.75) is 88.4 Å². The first kappa shape index (κ1) is 20.2. The summed E-state index contributed by atoms with van der Waals surface area (Å²) in [4.78, 5) is 6.76. The average Bonchev–Trinajstić information content (AvgIpc) is 3.27. The Hall–Kier alpha value is -1.45. The summed E-state index contributed by atoms with van der Waals surface area (Å²) in [6.07, 6.45) is 21.7. The molecular weight excluding hydrogens is 380 g/mol. The van der Waals surface area contributed by atoms with Crippen LogP contribution >= 0.6 is 0 Å². The molecule has 1 saturated heterocycles. The molecule has 0 radical (unpaired) electrons. The molecule has 3 fully saturated rings. The van der Waals surface area contributed by atoms with Crippen LogP contribution in [0.3, 0.4) is 0 Å². The van der Waals surface area contributed by atoms with Crippen LogP contribution in [0.25, 0.3) is 0 Å². The highest BCUT2D eigenvalue weighted by atomic mass is 16.5. The van der Waals surface area contributed by atoms with Gasteiger partial charge in [-0.3, -0.25) is 4.98 Å². The van der Waals surface area contributed by atoms with Crippen LogP contribution in [-0.2, 0) is 11.2 Å². The lowest BCUT2D eigenvalue weighted by molar-refractivity contribution is -0.142. The number of allylic oxidation sites excluding steroid dienone is 1. The molecule has 0 N–H and O–H groups in total. The summed E-state index contributed by atoms with van der Waals surface area (Å²) in [5.74, 6) is 1.46. The second kappa shape index (κ2) is 7.02. The van der Waals surface area contributed by atoms with E-state index in [9.17, 15) is 0 Å². The third kappa shape index (κ3) is 2.88. The van der Waals surface area contributed by atoms with Crippen molar-refractivity contribution in [1.82, 2.24) is 9.88 Å². The molecule has 2 bridgehead atoms. The van der Waals surface area contributed by atoms with E-state index in [0.717, 1.165) is 12.3 Å². The fourth-order valence-electron chi connectivity index (χ4n) is 8.29. The van der Waals surface area contributed by atoms with Crippen molar-refractivity contribution >= 4 is 0 Å². The highest BCUT2D eigenvalue weighted by Crippen LogP contribution is 2.68. The summed E-state index contributed by atoms with van der Waals surface area (Å²) >= 11 is 0. The van der Waals surface area contributed by atoms with E-state index in [1.807, 2.05) is 12.4 Å². The molecular formula is C28H38N2O. The summed E-state index contributed by atoms with van der Waals surface area (Å²) < 4.78 is 7.38. The van der Waals surface area contributed by atoms with Crippen LogP contribution in [0.2, 0.25) is 0 Å². The number of pyridine rings is 1. The van der Waals surface area contributed by atoms with E-state index >= 15 is 0 Å². The quantitative estimate of drug-likeness (QED) is 0.625. The van der Waals surface area contributed by atoms with Crippen LogP contribution in [0.5, 0.6) is 0 Å². The SMILES string of the molecule is CN(C)[C@H]1CCC2=CC3=CC[C@]4(C)[C@@H](CCc5cccnc5)CC[C@H]4[C@@]34CC[C@]2(C1)O4. The smallest absolute Gasteiger partial charge is 0.0974 e. The minimum atomic E-state index is -0.00620. The maximum absolute atomic E-state index is 7.38. The van der Waals surface area contributed by atoms with Crippen LogP contribution < -0.4 is 0 Å². The third-order valence-electron chi connectivity index (χ3n) is 10.1. The van der Waals surface area contributed by atoms with Crippen LogP contribution in [0.1, 0.15) is 70.3 Å². The van der Waals surface area contributed by atoms with E-state index in [1.54, 1.807) is 11.1 Å². The molecule has 2 saturated carbocycles. The van der Waals surface area contributed by atoms with E-state index in [4.69, 9.17) is 4.74 Å². The number of ether oxygens (including phenoxy) is 1. The molecule has 5 aliphatic rings. The standard InChI is InChI=1S/C28H38N2O/c1-26-13-12-23-17-22-8-10-24(30(2)3)18-27(22)14-15-28(23,31-27)25(26)11-9-21(26)7-6-20-5-4-16-29-19-20/h4-5,12,16-17,19,21,24-25H,6-11,13-15,18H2,1-3H3/t21-,24-,25+,26+,27+,28+/m0/s1. The van der Waals surface area contributed by atoms with Crippen molar-refractivity contribution in [2.24, 2.45) is 17.3 Å². The third-order valence-corrected chi connectivity index (χ3v) is 10.1. The normalized spacial score (nSPS) is 43.2. The van der Waals surface area contributed by atoms with Crippen LogP contribution in [0.15, 0.2) is 47.8 Å². The van der Waals surface area contributed by atoms with Gasteiger partial charge in [-0.05, 0) is 118 Å². The van der Waals surface area contributed by atoms with E-state index in [0.29, 0.717) is 17.4 Å². The van der Waals surface area contributed by atoms with Gasteiger partial charge in [-0.15, -0.1) is 0 Å².